The largest absolute Gasteiger partial charge is 0.394 e. The molecule has 0 spiro atoms. The van der Waals surface area contributed by atoms with Crippen molar-refractivity contribution in [2.24, 2.45) is 0 Å². The van der Waals surface area contributed by atoms with Gasteiger partial charge in [0.2, 0.25) is 5.91 Å². The number of allylic oxidation sites excluding steroid dienone is 21. The first-order valence-corrected chi connectivity index (χ1v) is 30.9. The zero-order valence-electron chi connectivity index (χ0n) is 47.9. The summed E-state index contributed by atoms with van der Waals surface area (Å²) >= 11 is 0. The lowest BCUT2D eigenvalue weighted by Gasteiger charge is -2.19. The maximum Gasteiger partial charge on any atom is 0.220 e. The van der Waals surface area contributed by atoms with Gasteiger partial charge in [0.15, 0.2) is 0 Å². The Balaban J connectivity index is 3.60. The molecule has 0 saturated heterocycles. The highest BCUT2D eigenvalue weighted by molar-refractivity contribution is 5.76. The third kappa shape index (κ3) is 59.3. The minimum atomic E-state index is -0.873. The van der Waals surface area contributed by atoms with Crippen molar-refractivity contribution < 1.29 is 15.0 Å². The number of hydrogen-bond acceptors (Lipinski definition) is 3. The van der Waals surface area contributed by atoms with E-state index in [4.69, 9.17) is 0 Å². The first-order valence-electron chi connectivity index (χ1n) is 30.9. The molecule has 0 fully saturated rings. The zero-order chi connectivity index (χ0) is 52.7. The summed E-state index contributed by atoms with van der Waals surface area (Å²) in [5, 5.41) is 23.2. The molecule has 0 aromatic heterocycles. The van der Waals surface area contributed by atoms with E-state index in [9.17, 15) is 15.0 Å². The predicted octanol–water partition coefficient (Wildman–Crippen LogP) is 21.0. The Labute approximate surface area is 453 Å². The summed E-state index contributed by atoms with van der Waals surface area (Å²) in [5.74, 6) is -0.0804. The molecule has 4 heteroatoms. The smallest absolute Gasteiger partial charge is 0.220 e. The van der Waals surface area contributed by atoms with E-state index in [-0.39, 0.29) is 12.5 Å². The highest BCUT2D eigenvalue weighted by Crippen LogP contribution is 2.16. The Kier molecular flexibility index (Phi) is 59.8. The maximum atomic E-state index is 12.5. The fraction of sp³-hybridized carbons (Fsp3) is 0.667. The van der Waals surface area contributed by atoms with Gasteiger partial charge in [-0.05, 0) is 103 Å². The van der Waals surface area contributed by atoms with Crippen molar-refractivity contribution in [3.8, 4) is 0 Å². The Bertz CT molecular complexity index is 1470. The van der Waals surface area contributed by atoms with Gasteiger partial charge >= 0.3 is 0 Å². The van der Waals surface area contributed by atoms with E-state index in [2.05, 4.69) is 141 Å². The average Bonchev–Trinajstić information content (AvgIpc) is 3.40. The van der Waals surface area contributed by atoms with Crippen LogP contribution in [0.25, 0.3) is 0 Å². The van der Waals surface area contributed by atoms with Gasteiger partial charge in [0.1, 0.15) is 0 Å². The van der Waals surface area contributed by atoms with Crippen molar-refractivity contribution in [1.82, 2.24) is 5.32 Å². The van der Waals surface area contributed by atoms with Crippen molar-refractivity contribution in [1.29, 1.82) is 0 Å². The summed E-state index contributed by atoms with van der Waals surface area (Å²) in [6, 6.07) is -0.650. The predicted molar refractivity (Wildman–Crippen MR) is 326 cm³/mol. The molecule has 3 N–H and O–H groups in total. The van der Waals surface area contributed by atoms with Crippen molar-refractivity contribution in [2.45, 2.75) is 289 Å². The molecule has 416 valence electrons. The molecule has 2 unspecified atom stereocenters. The topological polar surface area (TPSA) is 69.6 Å². The number of aliphatic hydroxyl groups is 2. The molecule has 1 amide bonds. The van der Waals surface area contributed by atoms with Gasteiger partial charge in [0, 0.05) is 6.42 Å². The second-order valence-corrected chi connectivity index (χ2v) is 20.4. The highest BCUT2D eigenvalue weighted by Gasteiger charge is 2.18. The van der Waals surface area contributed by atoms with Gasteiger partial charge in [-0.15, -0.1) is 0 Å². The lowest BCUT2D eigenvalue weighted by molar-refractivity contribution is -0.123. The van der Waals surface area contributed by atoms with Crippen LogP contribution in [0.4, 0.5) is 0 Å². The molecule has 0 bridgehead atoms. The van der Waals surface area contributed by atoms with E-state index in [0.29, 0.717) is 6.42 Å². The summed E-state index contributed by atoms with van der Waals surface area (Å²) in [6.45, 7) is 4.19. The Morgan fingerprint density at radius 3 is 0.959 bits per heavy atom. The number of rotatable bonds is 55. The first kappa shape index (κ1) is 69.5. The van der Waals surface area contributed by atoms with E-state index >= 15 is 0 Å². The molecule has 4 nitrogen and oxygen atoms in total. The molecule has 0 aliphatic rings. The fourth-order valence-electron chi connectivity index (χ4n) is 8.72. The first-order chi connectivity index (χ1) is 36.2. The minimum Gasteiger partial charge on any atom is -0.394 e. The number of amides is 1. The summed E-state index contributed by atoms with van der Waals surface area (Å²) < 4.78 is 0. The molecule has 0 aliphatic heterocycles. The van der Waals surface area contributed by atoms with Gasteiger partial charge in [-0.3, -0.25) is 4.79 Å². The number of carbonyl (C=O) groups is 1. The van der Waals surface area contributed by atoms with Crippen LogP contribution in [0.3, 0.4) is 0 Å². The Morgan fingerprint density at radius 1 is 0.342 bits per heavy atom. The van der Waals surface area contributed by atoms with Gasteiger partial charge < -0.3 is 15.5 Å². The summed E-state index contributed by atoms with van der Waals surface area (Å²) in [7, 11) is 0. The summed E-state index contributed by atoms with van der Waals surface area (Å²) in [5.41, 5.74) is 0. The zero-order valence-corrected chi connectivity index (χ0v) is 47.9. The normalized spacial score (nSPS) is 13.8. The number of hydrogen-bond donors (Lipinski definition) is 3. The van der Waals surface area contributed by atoms with E-state index < -0.39 is 12.1 Å². The molecule has 0 aromatic carbocycles. The number of carbonyl (C=O) groups excluding carboxylic acids is 1. The number of aliphatic hydroxyl groups excluding tert-OH is 2. The van der Waals surface area contributed by atoms with Crippen molar-refractivity contribution in [2.75, 3.05) is 6.61 Å². The monoisotopic (exact) mass is 1010 g/mol. The minimum absolute atomic E-state index is 0.0804. The Hall–Kier alpha value is -3.47. The summed E-state index contributed by atoms with van der Waals surface area (Å²) in [6.07, 6.45) is 97.7. The molecule has 0 rings (SSSR count). The van der Waals surface area contributed by atoms with Gasteiger partial charge in [0.25, 0.3) is 0 Å². The van der Waals surface area contributed by atoms with Crippen LogP contribution in [0.1, 0.15) is 277 Å². The number of unbranched alkanes of at least 4 members (excludes halogenated alkanes) is 28. The van der Waals surface area contributed by atoms with Crippen molar-refractivity contribution in [3.05, 3.63) is 134 Å². The fourth-order valence-corrected chi connectivity index (χ4v) is 8.72. The molecular weight excluding hydrogens is 891 g/mol. The van der Waals surface area contributed by atoms with Crippen LogP contribution < -0.4 is 5.32 Å². The van der Waals surface area contributed by atoms with Crippen LogP contribution in [0, 0.1) is 0 Å². The van der Waals surface area contributed by atoms with Crippen LogP contribution in [0.5, 0.6) is 0 Å². The number of nitrogens with one attached hydrogen (secondary N) is 1. The van der Waals surface area contributed by atoms with Crippen molar-refractivity contribution >= 4 is 5.91 Å². The lowest BCUT2D eigenvalue weighted by atomic mass is 10.0. The van der Waals surface area contributed by atoms with E-state index in [1.165, 1.54) is 167 Å². The van der Waals surface area contributed by atoms with Crippen LogP contribution in [-0.4, -0.2) is 34.9 Å². The molecule has 0 radical (unpaired) electrons. The molecule has 0 aromatic rings. The third-order valence-electron chi connectivity index (χ3n) is 13.4. The van der Waals surface area contributed by atoms with Gasteiger partial charge in [-0.1, -0.05) is 302 Å². The second-order valence-electron chi connectivity index (χ2n) is 20.4. The van der Waals surface area contributed by atoms with E-state index in [1.807, 2.05) is 6.08 Å². The van der Waals surface area contributed by atoms with Crippen LogP contribution in [-0.2, 0) is 4.79 Å². The standard InChI is InChI=1S/C69H117NO3/c1-3-5-7-9-11-13-15-17-19-21-23-25-27-28-29-30-31-32-33-34-35-36-37-38-39-40-41-42-43-45-47-49-51-53-55-57-59-61-63-65-69(73)70-67(66-71)68(72)64-62-60-58-56-54-52-50-48-46-44-26-24-22-20-18-16-14-12-10-8-6-4-2/h5,7,11,13,17,19,23,25,28-29,31-32,34-35,37-38,40-41,54,56,62,64,67-68,71-72H,3-4,6,8-10,12,14-16,18,20-22,24,26-27,30,33,36,39,42-53,55,57-61,63,65-66H2,1-2H3,(H,70,73)/b7-5-,13-11-,19-17-,25-23-,29-28-,32-31-,35-34-,38-37-,41-40-,56-54+,64-62+. The van der Waals surface area contributed by atoms with Crippen LogP contribution in [0.2, 0.25) is 0 Å². The van der Waals surface area contributed by atoms with E-state index in [0.717, 1.165) is 89.9 Å². The SMILES string of the molecule is CC/C=C\C/C=C\C/C=C\C/C=C\C/C=C\C/C=C\C/C=C\C/C=C\C/C=C\CCCCCCCCCCCCCC(=O)NC(CO)C(O)/C=C/CC/C=C/CCCCCCCCCCCCCCCCCC. The molecule has 2 atom stereocenters. The second kappa shape index (κ2) is 62.8. The van der Waals surface area contributed by atoms with Crippen LogP contribution >= 0.6 is 0 Å². The molecule has 73 heavy (non-hydrogen) atoms. The molecule has 0 heterocycles. The van der Waals surface area contributed by atoms with E-state index in [1.54, 1.807) is 6.08 Å². The third-order valence-corrected chi connectivity index (χ3v) is 13.4. The van der Waals surface area contributed by atoms with Crippen molar-refractivity contribution in [3.63, 3.8) is 0 Å². The lowest BCUT2D eigenvalue weighted by Crippen LogP contribution is -2.45. The Morgan fingerprint density at radius 2 is 0.616 bits per heavy atom. The highest BCUT2D eigenvalue weighted by atomic mass is 16.3. The quantitative estimate of drug-likeness (QED) is 0.0420. The maximum absolute atomic E-state index is 12.5. The van der Waals surface area contributed by atoms with Gasteiger partial charge in [-0.25, -0.2) is 0 Å². The van der Waals surface area contributed by atoms with Gasteiger partial charge in [0.05, 0.1) is 18.8 Å². The molecule has 0 saturated carbocycles. The van der Waals surface area contributed by atoms with Gasteiger partial charge in [-0.2, -0.15) is 0 Å². The van der Waals surface area contributed by atoms with Crippen LogP contribution in [0.15, 0.2) is 134 Å². The molecule has 0 aliphatic carbocycles. The summed E-state index contributed by atoms with van der Waals surface area (Å²) in [4.78, 5) is 12.5. The molecular formula is C69H117NO3. The average molecular weight is 1010 g/mol.